The Labute approximate surface area is 122 Å². The van der Waals surface area contributed by atoms with Crippen LogP contribution in [0.4, 0.5) is 5.69 Å². The molecule has 0 atom stereocenters. The molecule has 0 aliphatic carbocycles. The molecule has 0 fully saturated rings. The largest absolute Gasteiger partial charge is 0.360 e. The van der Waals surface area contributed by atoms with Gasteiger partial charge in [-0.1, -0.05) is 35.9 Å². The second kappa shape index (κ2) is 6.43. The summed E-state index contributed by atoms with van der Waals surface area (Å²) in [5.74, 6) is 0. The first-order valence-electron chi connectivity index (χ1n) is 5.86. The van der Waals surface area contributed by atoms with E-state index in [0.29, 0.717) is 5.02 Å². The highest BCUT2D eigenvalue weighted by Gasteiger charge is 2.00. The van der Waals surface area contributed by atoms with Gasteiger partial charge in [0, 0.05) is 16.9 Å². The number of nitrogens with one attached hydrogen (secondary N) is 1. The minimum absolute atomic E-state index is 0.0261. The van der Waals surface area contributed by atoms with Gasteiger partial charge in [-0.2, -0.15) is 10.5 Å². The third-order valence-corrected chi connectivity index (χ3v) is 2.88. The van der Waals surface area contributed by atoms with Crippen LogP contribution in [0.1, 0.15) is 0 Å². The molecule has 0 saturated heterocycles. The topological polar surface area (TPSA) is 59.6 Å². The van der Waals surface area contributed by atoms with Crippen LogP contribution in [0.2, 0.25) is 5.02 Å². The molecule has 0 amide bonds. The SMILES string of the molecule is N#CC(C#N)=CNc1cccc(-c2cccc(Cl)c2)c1. The Hall–Kier alpha value is -2.75. The number of nitrogens with zero attached hydrogens (tertiary/aromatic N) is 2. The molecule has 0 aromatic heterocycles. The van der Waals surface area contributed by atoms with Crippen molar-refractivity contribution < 1.29 is 0 Å². The van der Waals surface area contributed by atoms with Gasteiger partial charge in [0.1, 0.15) is 17.7 Å². The van der Waals surface area contributed by atoms with Gasteiger partial charge in [-0.25, -0.2) is 0 Å². The summed E-state index contributed by atoms with van der Waals surface area (Å²) < 4.78 is 0. The quantitative estimate of drug-likeness (QED) is 0.850. The van der Waals surface area contributed by atoms with Crippen molar-refractivity contribution in [3.8, 4) is 23.3 Å². The van der Waals surface area contributed by atoms with Gasteiger partial charge in [-0.3, -0.25) is 0 Å². The van der Waals surface area contributed by atoms with Crippen LogP contribution in [-0.4, -0.2) is 0 Å². The van der Waals surface area contributed by atoms with Crippen molar-refractivity contribution in [2.24, 2.45) is 0 Å². The van der Waals surface area contributed by atoms with Gasteiger partial charge in [-0.15, -0.1) is 0 Å². The number of rotatable bonds is 3. The first-order chi connectivity index (χ1) is 9.72. The number of halogens is 1. The predicted molar refractivity (Wildman–Crippen MR) is 79.8 cm³/mol. The molecule has 20 heavy (non-hydrogen) atoms. The fourth-order valence-corrected chi connectivity index (χ4v) is 1.89. The van der Waals surface area contributed by atoms with E-state index in [4.69, 9.17) is 22.1 Å². The zero-order chi connectivity index (χ0) is 14.4. The van der Waals surface area contributed by atoms with Crippen LogP contribution in [0.15, 0.2) is 60.3 Å². The third kappa shape index (κ3) is 3.38. The summed E-state index contributed by atoms with van der Waals surface area (Å²) >= 11 is 5.98. The molecule has 0 heterocycles. The second-order valence-corrected chi connectivity index (χ2v) is 4.45. The fourth-order valence-electron chi connectivity index (χ4n) is 1.70. The van der Waals surface area contributed by atoms with Crippen LogP contribution < -0.4 is 5.32 Å². The van der Waals surface area contributed by atoms with Crippen LogP contribution >= 0.6 is 11.6 Å². The average Bonchev–Trinajstić information content (AvgIpc) is 2.49. The lowest BCUT2D eigenvalue weighted by atomic mass is 10.1. The summed E-state index contributed by atoms with van der Waals surface area (Å²) in [6.07, 6.45) is 1.39. The van der Waals surface area contributed by atoms with E-state index in [0.717, 1.165) is 16.8 Å². The maximum atomic E-state index is 8.67. The first kappa shape index (κ1) is 13.7. The maximum absolute atomic E-state index is 8.67. The standard InChI is InChI=1S/C16H10ClN3/c17-15-5-1-3-13(7-15)14-4-2-6-16(8-14)20-11-12(9-18)10-19/h1-8,11,20H. The van der Waals surface area contributed by atoms with E-state index in [2.05, 4.69) is 5.32 Å². The molecule has 4 heteroatoms. The Balaban J connectivity index is 2.28. The average molecular weight is 280 g/mol. The fraction of sp³-hybridized carbons (Fsp3) is 0. The summed E-state index contributed by atoms with van der Waals surface area (Å²) in [6, 6.07) is 18.8. The molecule has 0 unspecified atom stereocenters. The van der Waals surface area contributed by atoms with Gasteiger partial charge in [0.15, 0.2) is 0 Å². The van der Waals surface area contributed by atoms with Crippen LogP contribution in [0.3, 0.4) is 0 Å². The minimum Gasteiger partial charge on any atom is -0.360 e. The number of hydrogen-bond acceptors (Lipinski definition) is 3. The van der Waals surface area contributed by atoms with Crippen LogP contribution in [-0.2, 0) is 0 Å². The van der Waals surface area contributed by atoms with Crippen molar-refractivity contribution in [3.63, 3.8) is 0 Å². The van der Waals surface area contributed by atoms with E-state index >= 15 is 0 Å². The molecule has 1 N–H and O–H groups in total. The molecule has 2 rings (SSSR count). The van der Waals surface area contributed by atoms with E-state index in [1.165, 1.54) is 6.20 Å². The van der Waals surface area contributed by atoms with E-state index in [-0.39, 0.29) is 5.57 Å². The normalized spacial score (nSPS) is 9.15. The Bertz CT molecular complexity index is 720. The molecule has 0 bridgehead atoms. The lowest BCUT2D eigenvalue weighted by molar-refractivity contribution is 1.44. The van der Waals surface area contributed by atoms with Gasteiger partial charge in [0.2, 0.25) is 0 Å². The van der Waals surface area contributed by atoms with E-state index in [1.54, 1.807) is 12.1 Å². The van der Waals surface area contributed by atoms with E-state index < -0.39 is 0 Å². The number of nitriles is 2. The summed E-state index contributed by atoms with van der Waals surface area (Å²) in [7, 11) is 0. The molecule has 0 radical (unpaired) electrons. The number of anilines is 1. The van der Waals surface area contributed by atoms with Gasteiger partial charge in [-0.05, 0) is 35.4 Å². The minimum atomic E-state index is 0.0261. The van der Waals surface area contributed by atoms with Crippen molar-refractivity contribution in [1.82, 2.24) is 0 Å². The number of benzene rings is 2. The predicted octanol–water partition coefficient (Wildman–Crippen LogP) is 4.35. The lowest BCUT2D eigenvalue weighted by Gasteiger charge is -2.06. The third-order valence-electron chi connectivity index (χ3n) is 2.64. The van der Waals surface area contributed by atoms with Gasteiger partial charge in [0.25, 0.3) is 0 Å². The Kier molecular flexibility index (Phi) is 4.39. The molecule has 0 saturated carbocycles. The Morgan fingerprint density at radius 2 is 1.65 bits per heavy atom. The lowest BCUT2D eigenvalue weighted by Crippen LogP contribution is -1.90. The molecule has 96 valence electrons. The molecule has 0 spiro atoms. The van der Waals surface area contributed by atoms with Crippen LogP contribution in [0.5, 0.6) is 0 Å². The van der Waals surface area contributed by atoms with Gasteiger partial charge in [0.05, 0.1) is 0 Å². The highest BCUT2D eigenvalue weighted by atomic mass is 35.5. The first-order valence-corrected chi connectivity index (χ1v) is 6.23. The number of allylic oxidation sites excluding steroid dienone is 1. The van der Waals surface area contributed by atoms with Crippen molar-refractivity contribution in [2.45, 2.75) is 0 Å². The van der Waals surface area contributed by atoms with Gasteiger partial charge >= 0.3 is 0 Å². The van der Waals surface area contributed by atoms with Crippen molar-refractivity contribution in [2.75, 3.05) is 5.32 Å². The molecular formula is C16H10ClN3. The summed E-state index contributed by atoms with van der Waals surface area (Å²) in [4.78, 5) is 0. The monoisotopic (exact) mass is 279 g/mol. The molecule has 0 aliphatic rings. The molecule has 2 aromatic rings. The van der Waals surface area contributed by atoms with Crippen molar-refractivity contribution >= 4 is 17.3 Å². The van der Waals surface area contributed by atoms with E-state index in [1.807, 2.05) is 48.5 Å². The highest BCUT2D eigenvalue weighted by Crippen LogP contribution is 2.25. The van der Waals surface area contributed by atoms with Crippen LogP contribution in [0, 0.1) is 22.7 Å². The zero-order valence-corrected chi connectivity index (χ0v) is 11.2. The maximum Gasteiger partial charge on any atom is 0.145 e. The Morgan fingerprint density at radius 1 is 1.00 bits per heavy atom. The zero-order valence-electron chi connectivity index (χ0n) is 10.5. The summed E-state index contributed by atoms with van der Waals surface area (Å²) in [5, 5.41) is 21.0. The number of hydrogen-bond donors (Lipinski definition) is 1. The summed E-state index contributed by atoms with van der Waals surface area (Å²) in [5.41, 5.74) is 2.83. The van der Waals surface area contributed by atoms with Gasteiger partial charge < -0.3 is 5.32 Å². The molecule has 3 nitrogen and oxygen atoms in total. The summed E-state index contributed by atoms with van der Waals surface area (Å²) in [6.45, 7) is 0. The smallest absolute Gasteiger partial charge is 0.145 e. The Morgan fingerprint density at radius 3 is 2.30 bits per heavy atom. The molecule has 2 aromatic carbocycles. The van der Waals surface area contributed by atoms with E-state index in [9.17, 15) is 0 Å². The van der Waals surface area contributed by atoms with Crippen molar-refractivity contribution in [1.29, 1.82) is 10.5 Å². The van der Waals surface area contributed by atoms with Crippen LogP contribution in [0.25, 0.3) is 11.1 Å². The molecule has 0 aliphatic heterocycles. The van der Waals surface area contributed by atoms with Crippen molar-refractivity contribution in [3.05, 3.63) is 65.3 Å². The highest BCUT2D eigenvalue weighted by molar-refractivity contribution is 6.30. The molecular weight excluding hydrogens is 270 g/mol. The second-order valence-electron chi connectivity index (χ2n) is 4.02.